The lowest BCUT2D eigenvalue weighted by Crippen LogP contribution is -2.54. The number of nitrogens with two attached hydrogens (primary N) is 1. The lowest BCUT2D eigenvalue weighted by molar-refractivity contribution is -0.249. The predicted molar refractivity (Wildman–Crippen MR) is 121 cm³/mol. The monoisotopic (exact) mass is 501 g/mol. The minimum Gasteiger partial charge on any atom is -0.465 e. The molecule has 1 fully saturated rings. The first-order chi connectivity index (χ1) is 15.7. The van der Waals surface area contributed by atoms with Gasteiger partial charge in [-0.2, -0.15) is 13.2 Å². The van der Waals surface area contributed by atoms with E-state index >= 15 is 0 Å². The van der Waals surface area contributed by atoms with Crippen LogP contribution in [0.4, 0.5) is 19.0 Å². The Kier molecular flexibility index (Phi) is 6.83. The standard InChI is InChI=1S/C21H23ClF3N5O2S/c1-2-3-4-15(14-6-5-13(22)8-27-14)28-17-10-33-18(29-17)20-11-32-16(21(23,24)25)7-12(20)9-31-19(26)30-20/h4-6,8,10,12,16,28H,2-3,7,9,11H2,1H3,(H2,26,30)/b15-4+/t12-,16?,20-/m1/s1. The molecule has 3 atom stereocenters. The number of aliphatic imine (C=N–C) groups is 1. The second kappa shape index (κ2) is 9.47. The predicted octanol–water partition coefficient (Wildman–Crippen LogP) is 4.95. The molecule has 3 N–H and O–H groups in total. The Labute approximate surface area is 197 Å². The van der Waals surface area contributed by atoms with E-state index in [9.17, 15) is 13.2 Å². The number of nitrogens with one attached hydrogen (secondary N) is 1. The summed E-state index contributed by atoms with van der Waals surface area (Å²) in [6.07, 6.45) is -1.27. The molecule has 2 aliphatic heterocycles. The first-order valence-corrected chi connectivity index (χ1v) is 11.7. The number of unbranched alkanes of at least 4 members (excludes halogenated alkanes) is 1. The normalized spacial score (nSPS) is 25.7. The maximum atomic E-state index is 13.3. The summed E-state index contributed by atoms with van der Waals surface area (Å²) >= 11 is 7.24. The van der Waals surface area contributed by atoms with Gasteiger partial charge in [-0.1, -0.05) is 31.0 Å². The fourth-order valence-corrected chi connectivity index (χ4v) is 4.91. The van der Waals surface area contributed by atoms with E-state index in [0.29, 0.717) is 21.5 Å². The number of halogens is 4. The van der Waals surface area contributed by atoms with Crippen LogP contribution in [0.3, 0.4) is 0 Å². The molecule has 4 heterocycles. The van der Waals surface area contributed by atoms with Crippen molar-refractivity contribution in [2.75, 3.05) is 18.5 Å². The number of rotatable bonds is 6. The maximum Gasteiger partial charge on any atom is 0.414 e. The molecular formula is C21H23ClF3N5O2S. The number of hydrogen-bond acceptors (Lipinski definition) is 8. The van der Waals surface area contributed by atoms with E-state index < -0.39 is 23.7 Å². The number of alkyl halides is 3. The Bertz CT molecular complexity index is 1040. The van der Waals surface area contributed by atoms with Crippen molar-refractivity contribution in [3.63, 3.8) is 0 Å². The van der Waals surface area contributed by atoms with Crippen molar-refractivity contribution in [3.8, 4) is 0 Å². The molecule has 12 heteroatoms. The number of anilines is 1. The van der Waals surface area contributed by atoms with Crippen LogP contribution in [0.25, 0.3) is 5.70 Å². The third kappa shape index (κ3) is 5.10. The lowest BCUT2D eigenvalue weighted by Gasteiger charge is -2.44. The van der Waals surface area contributed by atoms with E-state index in [0.717, 1.165) is 18.5 Å². The summed E-state index contributed by atoms with van der Waals surface area (Å²) in [4.78, 5) is 13.4. The van der Waals surface area contributed by atoms with E-state index in [-0.39, 0.29) is 25.7 Å². The minimum absolute atomic E-state index is 0.0178. The SMILES string of the molecule is CCC/C=C(/Nc1csc([C@@]23COC(C(F)(F)F)C[C@@H]2COC(N)=N3)n1)c1ccc(Cl)cn1. The molecule has 0 saturated carbocycles. The molecule has 178 valence electrons. The number of nitrogens with zero attached hydrogens (tertiary/aromatic N) is 3. The Balaban J connectivity index is 1.61. The number of thiazole rings is 1. The van der Waals surface area contributed by atoms with Gasteiger partial charge in [0.25, 0.3) is 6.02 Å². The van der Waals surface area contributed by atoms with Crippen LogP contribution < -0.4 is 11.1 Å². The molecule has 2 aliphatic rings. The highest BCUT2D eigenvalue weighted by molar-refractivity contribution is 7.10. The Morgan fingerprint density at radius 1 is 1.42 bits per heavy atom. The third-order valence-electron chi connectivity index (χ3n) is 5.56. The first-order valence-electron chi connectivity index (χ1n) is 10.4. The average Bonchev–Trinajstić information content (AvgIpc) is 3.25. The molecule has 2 aromatic heterocycles. The van der Waals surface area contributed by atoms with Gasteiger partial charge in [0.15, 0.2) is 6.10 Å². The van der Waals surface area contributed by atoms with Crippen LogP contribution in [-0.4, -0.2) is 41.5 Å². The number of amidine groups is 1. The smallest absolute Gasteiger partial charge is 0.414 e. The average molecular weight is 502 g/mol. The van der Waals surface area contributed by atoms with E-state index in [1.165, 1.54) is 11.3 Å². The van der Waals surface area contributed by atoms with Crippen LogP contribution in [0.2, 0.25) is 5.02 Å². The fourth-order valence-electron chi connectivity index (χ4n) is 3.83. The summed E-state index contributed by atoms with van der Waals surface area (Å²) in [5, 5.41) is 6.10. The molecule has 0 aromatic carbocycles. The summed E-state index contributed by atoms with van der Waals surface area (Å²) < 4.78 is 50.3. The van der Waals surface area contributed by atoms with Gasteiger partial charge >= 0.3 is 6.18 Å². The molecule has 0 amide bonds. The van der Waals surface area contributed by atoms with Crippen molar-refractivity contribution in [2.24, 2.45) is 16.6 Å². The van der Waals surface area contributed by atoms with Crippen molar-refractivity contribution >= 4 is 40.5 Å². The van der Waals surface area contributed by atoms with E-state index in [1.54, 1.807) is 23.7 Å². The molecule has 0 aliphatic carbocycles. The van der Waals surface area contributed by atoms with Crippen molar-refractivity contribution in [1.29, 1.82) is 0 Å². The quantitative estimate of drug-likeness (QED) is 0.581. The Hall–Kier alpha value is -2.37. The molecule has 4 rings (SSSR count). The molecule has 33 heavy (non-hydrogen) atoms. The molecule has 1 unspecified atom stereocenters. The molecule has 0 bridgehead atoms. The van der Waals surface area contributed by atoms with Crippen molar-refractivity contribution in [2.45, 2.75) is 44.0 Å². The molecule has 0 radical (unpaired) electrons. The van der Waals surface area contributed by atoms with E-state index in [4.69, 9.17) is 26.8 Å². The van der Waals surface area contributed by atoms with Crippen LogP contribution in [0, 0.1) is 5.92 Å². The van der Waals surface area contributed by atoms with Gasteiger partial charge in [-0.3, -0.25) is 4.98 Å². The minimum atomic E-state index is -4.46. The summed E-state index contributed by atoms with van der Waals surface area (Å²) in [7, 11) is 0. The zero-order valence-electron chi connectivity index (χ0n) is 17.7. The van der Waals surface area contributed by atoms with Gasteiger partial charge < -0.3 is 20.5 Å². The van der Waals surface area contributed by atoms with Crippen molar-refractivity contribution in [3.05, 3.63) is 45.5 Å². The van der Waals surface area contributed by atoms with Gasteiger partial charge in [0, 0.05) is 17.5 Å². The summed E-state index contributed by atoms with van der Waals surface area (Å²) in [5.41, 5.74) is 6.12. The van der Waals surface area contributed by atoms with Gasteiger partial charge in [0.2, 0.25) is 0 Å². The highest BCUT2D eigenvalue weighted by Crippen LogP contribution is 2.47. The van der Waals surface area contributed by atoms with Crippen LogP contribution >= 0.6 is 22.9 Å². The number of aromatic nitrogens is 2. The topological polar surface area (TPSA) is 94.7 Å². The number of allylic oxidation sites excluding steroid dienone is 1. The number of hydrogen-bond donors (Lipinski definition) is 2. The van der Waals surface area contributed by atoms with Crippen LogP contribution in [0.5, 0.6) is 0 Å². The summed E-state index contributed by atoms with van der Waals surface area (Å²) in [6, 6.07) is 3.46. The highest BCUT2D eigenvalue weighted by atomic mass is 35.5. The first kappa shape index (κ1) is 23.8. The summed E-state index contributed by atoms with van der Waals surface area (Å²) in [5.74, 6) is -0.0438. The largest absolute Gasteiger partial charge is 0.465 e. The van der Waals surface area contributed by atoms with Crippen LogP contribution in [-0.2, 0) is 15.0 Å². The number of fused-ring (bicyclic) bond motifs is 1. The second-order valence-corrected chi connectivity index (χ2v) is 9.18. The van der Waals surface area contributed by atoms with Crippen LogP contribution in [0.15, 0.2) is 34.8 Å². The van der Waals surface area contributed by atoms with Gasteiger partial charge in [-0.15, -0.1) is 11.3 Å². The molecule has 0 spiro atoms. The van der Waals surface area contributed by atoms with Crippen molar-refractivity contribution in [1.82, 2.24) is 9.97 Å². The fraction of sp³-hybridized carbons (Fsp3) is 0.476. The Morgan fingerprint density at radius 3 is 2.94 bits per heavy atom. The maximum absolute atomic E-state index is 13.3. The van der Waals surface area contributed by atoms with Gasteiger partial charge in [-0.05, 0) is 25.0 Å². The highest BCUT2D eigenvalue weighted by Gasteiger charge is 2.56. The second-order valence-electron chi connectivity index (χ2n) is 7.89. The zero-order valence-corrected chi connectivity index (χ0v) is 19.3. The zero-order chi connectivity index (χ0) is 23.6. The van der Waals surface area contributed by atoms with Gasteiger partial charge in [0.1, 0.15) is 16.4 Å². The molecule has 1 saturated heterocycles. The van der Waals surface area contributed by atoms with Gasteiger partial charge in [0.05, 0.1) is 29.6 Å². The Morgan fingerprint density at radius 2 is 2.24 bits per heavy atom. The lowest BCUT2D eigenvalue weighted by atomic mass is 9.79. The molecule has 7 nitrogen and oxygen atoms in total. The van der Waals surface area contributed by atoms with E-state index in [1.807, 2.05) is 6.08 Å². The van der Waals surface area contributed by atoms with E-state index in [2.05, 4.69) is 27.2 Å². The number of ether oxygens (including phenoxy) is 2. The summed E-state index contributed by atoms with van der Waals surface area (Å²) in [6.45, 7) is 1.80. The van der Waals surface area contributed by atoms with Crippen LogP contribution in [0.1, 0.15) is 36.9 Å². The third-order valence-corrected chi connectivity index (χ3v) is 6.80. The van der Waals surface area contributed by atoms with Crippen molar-refractivity contribution < 1.29 is 22.6 Å². The van der Waals surface area contributed by atoms with Gasteiger partial charge in [-0.25, -0.2) is 9.98 Å². The molecule has 2 aromatic rings. The number of pyridine rings is 1. The molecular weight excluding hydrogens is 479 g/mol.